The zero-order valence-corrected chi connectivity index (χ0v) is 20.5. The van der Waals surface area contributed by atoms with Crippen LogP contribution in [0.15, 0.2) is 39.8 Å². The van der Waals surface area contributed by atoms with E-state index in [9.17, 15) is 8.42 Å². The number of nitrogens with one attached hydrogen (secondary N) is 2. The van der Waals surface area contributed by atoms with E-state index >= 15 is 0 Å². The monoisotopic (exact) mass is 552 g/mol. The quantitative estimate of drug-likeness (QED) is 0.227. The van der Waals surface area contributed by atoms with E-state index in [1.54, 1.807) is 23.6 Å². The summed E-state index contributed by atoms with van der Waals surface area (Å²) in [4.78, 5) is 5.18. The SMILES string of the molecule is CN=C(NCCCn1cccn1)NCc1ccc(S(=O)(=O)N2CCCCC2)s1.I. The molecule has 1 aliphatic heterocycles. The predicted octanol–water partition coefficient (Wildman–Crippen LogP) is 2.49. The van der Waals surface area contributed by atoms with Gasteiger partial charge in [-0.15, -0.1) is 35.3 Å². The van der Waals surface area contributed by atoms with Crippen LogP contribution in [0.3, 0.4) is 0 Å². The van der Waals surface area contributed by atoms with Gasteiger partial charge in [-0.3, -0.25) is 9.67 Å². The highest BCUT2D eigenvalue weighted by Crippen LogP contribution is 2.26. The predicted molar refractivity (Wildman–Crippen MR) is 127 cm³/mol. The first-order chi connectivity index (χ1) is 13.6. The third-order valence-corrected chi connectivity index (χ3v) is 8.07. The minimum atomic E-state index is -3.35. The standard InChI is InChI=1S/C18H28N6O2S2.HI/c1-19-18(20-9-5-11-23-12-6-10-22-23)21-15-16-7-8-17(27-16)28(25,26)24-13-3-2-4-14-24;/h6-8,10,12H,2-5,9,11,13-15H2,1H3,(H2,19,20,21);1H. The first-order valence-corrected chi connectivity index (χ1v) is 11.9. The lowest BCUT2D eigenvalue weighted by Gasteiger charge is -2.25. The zero-order chi connectivity index (χ0) is 19.8. The molecule has 2 aromatic heterocycles. The minimum Gasteiger partial charge on any atom is -0.356 e. The molecule has 1 saturated heterocycles. The molecule has 0 saturated carbocycles. The van der Waals surface area contributed by atoms with Gasteiger partial charge in [0.2, 0.25) is 0 Å². The van der Waals surface area contributed by atoms with Crippen molar-refractivity contribution in [2.75, 3.05) is 26.7 Å². The van der Waals surface area contributed by atoms with Gasteiger partial charge in [-0.2, -0.15) is 9.40 Å². The van der Waals surface area contributed by atoms with Gasteiger partial charge in [0.15, 0.2) is 5.96 Å². The van der Waals surface area contributed by atoms with E-state index < -0.39 is 10.0 Å². The topological polar surface area (TPSA) is 91.6 Å². The summed E-state index contributed by atoms with van der Waals surface area (Å²) in [6.07, 6.45) is 7.65. The lowest BCUT2D eigenvalue weighted by molar-refractivity contribution is 0.347. The number of guanidine groups is 1. The Hall–Kier alpha value is -1.18. The molecule has 0 bridgehead atoms. The highest BCUT2D eigenvalue weighted by Gasteiger charge is 2.27. The third-order valence-electron chi connectivity index (χ3n) is 4.62. The fourth-order valence-corrected chi connectivity index (χ4v) is 6.06. The van der Waals surface area contributed by atoms with Crippen molar-refractivity contribution in [3.8, 4) is 0 Å². The van der Waals surface area contributed by atoms with Crippen molar-refractivity contribution in [1.82, 2.24) is 24.7 Å². The summed E-state index contributed by atoms with van der Waals surface area (Å²) >= 11 is 1.33. The smallest absolute Gasteiger partial charge is 0.252 e. The molecule has 162 valence electrons. The molecule has 3 rings (SSSR count). The van der Waals surface area contributed by atoms with Crippen LogP contribution in [-0.2, 0) is 23.1 Å². The fraction of sp³-hybridized carbons (Fsp3) is 0.556. The summed E-state index contributed by atoms with van der Waals surface area (Å²) in [5.74, 6) is 0.703. The molecule has 2 N–H and O–H groups in total. The number of hydrogen-bond donors (Lipinski definition) is 2. The van der Waals surface area contributed by atoms with E-state index in [2.05, 4.69) is 20.7 Å². The Morgan fingerprint density at radius 1 is 1.24 bits per heavy atom. The number of rotatable bonds is 8. The molecule has 11 heteroatoms. The molecule has 0 unspecified atom stereocenters. The maximum Gasteiger partial charge on any atom is 0.252 e. The van der Waals surface area contributed by atoms with Crippen LogP contribution in [0, 0.1) is 0 Å². The Balaban J connectivity index is 0.00000300. The van der Waals surface area contributed by atoms with Gasteiger partial charge in [-0.25, -0.2) is 8.42 Å². The van der Waals surface area contributed by atoms with Gasteiger partial charge in [0.05, 0.1) is 6.54 Å². The fourth-order valence-electron chi connectivity index (χ4n) is 3.10. The Morgan fingerprint density at radius 2 is 2.03 bits per heavy atom. The van der Waals surface area contributed by atoms with E-state index in [0.29, 0.717) is 29.8 Å². The molecule has 1 fully saturated rings. The van der Waals surface area contributed by atoms with E-state index in [4.69, 9.17) is 0 Å². The van der Waals surface area contributed by atoms with Crippen molar-refractivity contribution >= 4 is 51.3 Å². The molecule has 0 atom stereocenters. The van der Waals surface area contributed by atoms with Crippen LogP contribution >= 0.6 is 35.3 Å². The van der Waals surface area contributed by atoms with Crippen molar-refractivity contribution in [2.24, 2.45) is 4.99 Å². The van der Waals surface area contributed by atoms with E-state index in [1.165, 1.54) is 11.3 Å². The van der Waals surface area contributed by atoms with Crippen LogP contribution in [0.25, 0.3) is 0 Å². The Bertz CT molecular complexity index is 861. The van der Waals surface area contributed by atoms with Crippen molar-refractivity contribution in [2.45, 2.75) is 43.0 Å². The summed E-state index contributed by atoms with van der Waals surface area (Å²) in [5, 5.41) is 10.7. The summed E-state index contributed by atoms with van der Waals surface area (Å²) < 4.78 is 29.4. The Morgan fingerprint density at radius 3 is 2.72 bits per heavy atom. The highest BCUT2D eigenvalue weighted by molar-refractivity contribution is 14.0. The number of aromatic nitrogens is 2. The molecular weight excluding hydrogens is 523 g/mol. The van der Waals surface area contributed by atoms with Gasteiger partial charge in [0.1, 0.15) is 4.21 Å². The number of nitrogens with zero attached hydrogens (tertiary/aromatic N) is 4. The van der Waals surface area contributed by atoms with E-state index in [0.717, 1.165) is 43.6 Å². The van der Waals surface area contributed by atoms with Crippen molar-refractivity contribution < 1.29 is 8.42 Å². The maximum absolute atomic E-state index is 12.7. The van der Waals surface area contributed by atoms with Crippen molar-refractivity contribution in [1.29, 1.82) is 0 Å². The molecule has 2 aromatic rings. The summed E-state index contributed by atoms with van der Waals surface area (Å²) in [5.41, 5.74) is 0. The second kappa shape index (κ2) is 11.9. The lowest BCUT2D eigenvalue weighted by Crippen LogP contribution is -2.37. The molecule has 0 aromatic carbocycles. The van der Waals surface area contributed by atoms with Gasteiger partial charge in [0.25, 0.3) is 10.0 Å². The molecule has 29 heavy (non-hydrogen) atoms. The summed E-state index contributed by atoms with van der Waals surface area (Å²) in [6.45, 7) is 3.42. The first kappa shape index (κ1) is 24.1. The van der Waals surface area contributed by atoms with Crippen LogP contribution in [0.4, 0.5) is 0 Å². The number of sulfonamides is 1. The van der Waals surface area contributed by atoms with Crippen LogP contribution in [0.2, 0.25) is 0 Å². The summed E-state index contributed by atoms with van der Waals surface area (Å²) in [7, 11) is -1.63. The lowest BCUT2D eigenvalue weighted by atomic mass is 10.2. The Kier molecular flexibility index (Phi) is 9.86. The van der Waals surface area contributed by atoms with Crippen LogP contribution in [0.5, 0.6) is 0 Å². The largest absolute Gasteiger partial charge is 0.356 e. The van der Waals surface area contributed by atoms with Crippen LogP contribution in [-0.4, -0.2) is 55.1 Å². The molecular formula is C18H29IN6O2S2. The Labute approximate surface area is 193 Å². The van der Waals surface area contributed by atoms with Gasteiger partial charge in [0, 0.05) is 50.5 Å². The average molecular weight is 553 g/mol. The second-order valence-electron chi connectivity index (χ2n) is 6.66. The molecule has 0 amide bonds. The number of aryl methyl sites for hydroxylation is 1. The second-order valence-corrected chi connectivity index (χ2v) is 9.99. The number of halogens is 1. The minimum absolute atomic E-state index is 0. The number of thiophene rings is 1. The van der Waals surface area contributed by atoms with Crippen molar-refractivity contribution in [3.05, 3.63) is 35.5 Å². The number of piperidine rings is 1. The molecule has 0 aliphatic carbocycles. The van der Waals surface area contributed by atoms with Crippen molar-refractivity contribution in [3.63, 3.8) is 0 Å². The first-order valence-electron chi connectivity index (χ1n) is 9.60. The molecule has 1 aliphatic rings. The van der Waals surface area contributed by atoms with Crippen LogP contribution < -0.4 is 10.6 Å². The highest BCUT2D eigenvalue weighted by atomic mass is 127. The number of hydrogen-bond acceptors (Lipinski definition) is 5. The number of aliphatic imine (C=N–C) groups is 1. The normalized spacial score (nSPS) is 15.7. The zero-order valence-electron chi connectivity index (χ0n) is 16.6. The van der Waals surface area contributed by atoms with Gasteiger partial charge < -0.3 is 10.6 Å². The molecule has 0 spiro atoms. The third kappa shape index (κ3) is 6.93. The summed E-state index contributed by atoms with van der Waals surface area (Å²) in [6, 6.07) is 5.50. The molecule has 3 heterocycles. The molecule has 8 nitrogen and oxygen atoms in total. The van der Waals surface area contributed by atoms with E-state index in [1.807, 2.05) is 23.0 Å². The van der Waals surface area contributed by atoms with Gasteiger partial charge in [-0.1, -0.05) is 6.42 Å². The molecule has 0 radical (unpaired) electrons. The average Bonchev–Trinajstić information content (AvgIpc) is 3.40. The van der Waals surface area contributed by atoms with Gasteiger partial charge in [-0.05, 0) is 37.5 Å². The van der Waals surface area contributed by atoms with E-state index in [-0.39, 0.29) is 24.0 Å². The van der Waals surface area contributed by atoms with Crippen LogP contribution in [0.1, 0.15) is 30.6 Å². The maximum atomic E-state index is 12.7. The van der Waals surface area contributed by atoms with Gasteiger partial charge >= 0.3 is 0 Å².